The molecule has 0 saturated heterocycles. The van der Waals surface area contributed by atoms with Gasteiger partial charge < -0.3 is 9.64 Å². The van der Waals surface area contributed by atoms with Gasteiger partial charge in [-0.25, -0.2) is 8.42 Å². The largest absolute Gasteiger partial charge is 0.375 e. The maximum atomic E-state index is 12.6. The van der Waals surface area contributed by atoms with Crippen molar-refractivity contribution in [2.75, 3.05) is 29.9 Å². The molecule has 3 rings (SSSR count). The number of rotatable bonds is 5. The molecule has 1 heterocycles. The summed E-state index contributed by atoms with van der Waals surface area (Å²) in [7, 11) is -2.27. The number of methoxy groups -OCH3 is 1. The number of benzene rings is 2. The SMILES string of the molecule is COCC(=O)N1CCCc2cc(NS(=O)(=O)c3ccc(C)c(Cl)c3)ccc21. The summed E-state index contributed by atoms with van der Waals surface area (Å²) in [5, 5.41) is 0.399. The third kappa shape index (κ3) is 4.26. The maximum Gasteiger partial charge on any atom is 0.261 e. The molecule has 144 valence electrons. The van der Waals surface area contributed by atoms with E-state index in [-0.39, 0.29) is 17.4 Å². The molecule has 6 nitrogen and oxygen atoms in total. The van der Waals surface area contributed by atoms with Crippen LogP contribution in [0.3, 0.4) is 0 Å². The third-order valence-electron chi connectivity index (χ3n) is 4.47. The van der Waals surface area contributed by atoms with Gasteiger partial charge in [-0.15, -0.1) is 0 Å². The molecular weight excluding hydrogens is 388 g/mol. The quantitative estimate of drug-likeness (QED) is 0.822. The van der Waals surface area contributed by atoms with E-state index in [9.17, 15) is 13.2 Å². The van der Waals surface area contributed by atoms with E-state index in [1.807, 2.05) is 6.92 Å². The Morgan fingerprint density at radius 2 is 2.04 bits per heavy atom. The summed E-state index contributed by atoms with van der Waals surface area (Å²) in [4.78, 5) is 14.0. The molecular formula is C19H21ClN2O4S. The van der Waals surface area contributed by atoms with E-state index < -0.39 is 10.0 Å². The Kier molecular flexibility index (Phi) is 5.74. The molecule has 0 spiro atoms. The predicted octanol–water partition coefficient (Wildman–Crippen LogP) is 3.37. The molecule has 1 amide bonds. The van der Waals surface area contributed by atoms with Crippen LogP contribution in [0.2, 0.25) is 5.02 Å². The molecule has 1 N–H and O–H groups in total. The highest BCUT2D eigenvalue weighted by Gasteiger charge is 2.23. The molecule has 0 atom stereocenters. The van der Waals surface area contributed by atoms with Crippen molar-refractivity contribution in [3.63, 3.8) is 0 Å². The van der Waals surface area contributed by atoms with Gasteiger partial charge >= 0.3 is 0 Å². The van der Waals surface area contributed by atoms with E-state index >= 15 is 0 Å². The second-order valence-electron chi connectivity index (χ2n) is 6.44. The summed E-state index contributed by atoms with van der Waals surface area (Å²) < 4.78 is 32.8. The molecule has 2 aromatic rings. The van der Waals surface area contributed by atoms with Gasteiger partial charge in [-0.05, 0) is 61.2 Å². The minimum absolute atomic E-state index is 0.0159. The summed E-state index contributed by atoms with van der Waals surface area (Å²) in [6.45, 7) is 2.45. The lowest BCUT2D eigenvalue weighted by Crippen LogP contribution is -2.37. The lowest BCUT2D eigenvalue weighted by Gasteiger charge is -2.29. The summed E-state index contributed by atoms with van der Waals surface area (Å²) in [5.41, 5.74) is 2.98. The Morgan fingerprint density at radius 1 is 1.26 bits per heavy atom. The van der Waals surface area contributed by atoms with Crippen molar-refractivity contribution in [1.82, 2.24) is 0 Å². The molecule has 1 aliphatic rings. The molecule has 0 aliphatic carbocycles. The number of amides is 1. The Balaban J connectivity index is 1.86. The Hall–Kier alpha value is -2.09. The topological polar surface area (TPSA) is 75.7 Å². The second-order valence-corrected chi connectivity index (χ2v) is 8.53. The number of nitrogens with one attached hydrogen (secondary N) is 1. The normalized spacial score (nSPS) is 14.0. The van der Waals surface area contributed by atoms with Crippen molar-refractivity contribution < 1.29 is 17.9 Å². The van der Waals surface area contributed by atoms with Gasteiger partial charge in [-0.3, -0.25) is 9.52 Å². The number of aryl methyl sites for hydroxylation is 2. The lowest BCUT2D eigenvalue weighted by molar-refractivity contribution is -0.122. The van der Waals surface area contributed by atoms with Crippen molar-refractivity contribution in [2.45, 2.75) is 24.7 Å². The minimum Gasteiger partial charge on any atom is -0.375 e. The average Bonchev–Trinajstić information content (AvgIpc) is 2.63. The number of hydrogen-bond acceptors (Lipinski definition) is 4. The molecule has 0 unspecified atom stereocenters. The van der Waals surface area contributed by atoms with Crippen molar-refractivity contribution >= 4 is 38.9 Å². The molecule has 0 fully saturated rings. The first-order valence-corrected chi connectivity index (χ1v) is 10.4. The van der Waals surface area contributed by atoms with E-state index in [1.165, 1.54) is 19.2 Å². The summed E-state index contributed by atoms with van der Waals surface area (Å²) in [5.74, 6) is -0.110. The fourth-order valence-electron chi connectivity index (χ4n) is 3.08. The molecule has 8 heteroatoms. The van der Waals surface area contributed by atoms with Gasteiger partial charge in [0.2, 0.25) is 0 Å². The molecule has 0 aromatic heterocycles. The molecule has 0 radical (unpaired) electrons. The van der Waals surface area contributed by atoms with Crippen LogP contribution in [0.1, 0.15) is 17.5 Å². The van der Waals surface area contributed by atoms with Crippen LogP contribution in [0.25, 0.3) is 0 Å². The first-order chi connectivity index (χ1) is 12.8. The zero-order chi connectivity index (χ0) is 19.6. The molecule has 2 aromatic carbocycles. The van der Waals surface area contributed by atoms with Gasteiger partial charge in [-0.1, -0.05) is 17.7 Å². The van der Waals surface area contributed by atoms with Gasteiger partial charge in [0.1, 0.15) is 6.61 Å². The first kappa shape index (κ1) is 19.7. The van der Waals surface area contributed by atoms with Crippen LogP contribution in [0.15, 0.2) is 41.3 Å². The van der Waals surface area contributed by atoms with Gasteiger partial charge in [0.15, 0.2) is 0 Å². The highest BCUT2D eigenvalue weighted by atomic mass is 35.5. The fraction of sp³-hybridized carbons (Fsp3) is 0.316. The lowest BCUT2D eigenvalue weighted by atomic mass is 10.0. The minimum atomic E-state index is -3.75. The number of anilines is 2. The Bertz CT molecular complexity index is 976. The zero-order valence-corrected chi connectivity index (χ0v) is 16.7. The van der Waals surface area contributed by atoms with Gasteiger partial charge in [0.25, 0.3) is 15.9 Å². The number of carbonyl (C=O) groups is 1. The van der Waals surface area contributed by atoms with Crippen molar-refractivity contribution in [3.05, 3.63) is 52.5 Å². The predicted molar refractivity (Wildman–Crippen MR) is 106 cm³/mol. The fourth-order valence-corrected chi connectivity index (χ4v) is 4.40. The van der Waals surface area contributed by atoms with E-state index in [1.54, 1.807) is 29.2 Å². The molecule has 1 aliphatic heterocycles. The highest BCUT2D eigenvalue weighted by molar-refractivity contribution is 7.92. The number of hydrogen-bond donors (Lipinski definition) is 1. The molecule has 0 saturated carbocycles. The number of sulfonamides is 1. The van der Waals surface area contributed by atoms with Crippen LogP contribution in [-0.4, -0.2) is 34.6 Å². The zero-order valence-electron chi connectivity index (χ0n) is 15.2. The van der Waals surface area contributed by atoms with E-state index in [2.05, 4.69) is 4.72 Å². The highest BCUT2D eigenvalue weighted by Crippen LogP contribution is 2.31. The number of nitrogens with zero attached hydrogens (tertiary/aromatic N) is 1. The van der Waals surface area contributed by atoms with Gasteiger partial charge in [-0.2, -0.15) is 0 Å². The summed E-state index contributed by atoms with van der Waals surface area (Å²) in [6.07, 6.45) is 1.59. The van der Waals surface area contributed by atoms with Crippen LogP contribution >= 0.6 is 11.6 Å². The summed E-state index contributed by atoms with van der Waals surface area (Å²) in [6, 6.07) is 9.82. The maximum absolute atomic E-state index is 12.6. The van der Waals surface area contributed by atoms with E-state index in [4.69, 9.17) is 16.3 Å². The van der Waals surface area contributed by atoms with E-state index in [0.29, 0.717) is 17.3 Å². The van der Waals surface area contributed by atoms with Crippen LogP contribution in [0.4, 0.5) is 11.4 Å². The standard InChI is InChI=1S/C19H21ClN2O4S/c1-13-5-7-16(11-17(13)20)27(24,25)21-15-6-8-18-14(10-15)4-3-9-22(18)19(23)12-26-2/h5-8,10-11,21H,3-4,9,12H2,1-2H3. The molecule has 0 bridgehead atoms. The first-order valence-electron chi connectivity index (χ1n) is 8.53. The molecule has 27 heavy (non-hydrogen) atoms. The van der Waals surface area contributed by atoms with Crippen molar-refractivity contribution in [3.8, 4) is 0 Å². The summed E-state index contributed by atoms with van der Waals surface area (Å²) >= 11 is 6.05. The number of halogens is 1. The third-order valence-corrected chi connectivity index (χ3v) is 6.26. The smallest absolute Gasteiger partial charge is 0.261 e. The van der Waals surface area contributed by atoms with Gasteiger partial charge in [0.05, 0.1) is 4.90 Å². The van der Waals surface area contributed by atoms with E-state index in [0.717, 1.165) is 29.7 Å². The van der Waals surface area contributed by atoms with Crippen LogP contribution < -0.4 is 9.62 Å². The van der Waals surface area contributed by atoms with Crippen LogP contribution in [0.5, 0.6) is 0 Å². The monoisotopic (exact) mass is 408 g/mol. The Labute approximate surface area is 164 Å². The van der Waals surface area contributed by atoms with Crippen LogP contribution in [-0.2, 0) is 26.0 Å². The number of ether oxygens (including phenoxy) is 1. The Morgan fingerprint density at radius 3 is 2.74 bits per heavy atom. The van der Waals surface area contributed by atoms with Gasteiger partial charge in [0, 0.05) is 30.1 Å². The average molecular weight is 409 g/mol. The number of fused-ring (bicyclic) bond motifs is 1. The van der Waals surface area contributed by atoms with Crippen molar-refractivity contribution in [1.29, 1.82) is 0 Å². The van der Waals surface area contributed by atoms with Crippen LogP contribution in [0, 0.1) is 6.92 Å². The second kappa shape index (κ2) is 7.88. The van der Waals surface area contributed by atoms with Crippen molar-refractivity contribution in [2.24, 2.45) is 0 Å². The number of carbonyl (C=O) groups excluding carboxylic acids is 1.